The second-order valence-corrected chi connectivity index (χ2v) is 6.64. The minimum Gasteiger partial charge on any atom is -0.468 e. The number of carbonyl (C=O) groups excluding carboxylic acids is 2. The van der Waals surface area contributed by atoms with Gasteiger partial charge in [0.25, 0.3) is 0 Å². The molecule has 0 spiro atoms. The Balaban J connectivity index is 2.53. The Hall–Kier alpha value is -1.20. The van der Waals surface area contributed by atoms with Gasteiger partial charge in [0.05, 0.1) is 18.6 Å². The average molecular weight is 412 g/mol. The van der Waals surface area contributed by atoms with E-state index in [0.29, 0.717) is 0 Å². The number of carbonyl (C=O) groups is 2. The molecule has 0 unspecified atom stereocenters. The van der Waals surface area contributed by atoms with Crippen molar-refractivity contribution in [3.63, 3.8) is 0 Å². The predicted molar refractivity (Wildman–Crippen MR) is 79.4 cm³/mol. The normalized spacial score (nSPS) is 10.9. The van der Waals surface area contributed by atoms with Crippen molar-refractivity contribution in [3.8, 4) is 0 Å². The highest BCUT2D eigenvalue weighted by atomic mass is 127. The van der Waals surface area contributed by atoms with Gasteiger partial charge in [-0.1, -0.05) is 0 Å². The topological polar surface area (TPSA) is 102 Å². The molecule has 1 rings (SSSR count). The molecule has 1 aromatic carbocycles. The zero-order valence-electron chi connectivity index (χ0n) is 10.6. The lowest BCUT2D eigenvalue weighted by Gasteiger charge is -2.07. The van der Waals surface area contributed by atoms with E-state index in [9.17, 15) is 18.0 Å². The third-order valence-corrected chi connectivity index (χ3v) is 4.34. The van der Waals surface area contributed by atoms with Crippen molar-refractivity contribution in [1.29, 1.82) is 0 Å². The summed E-state index contributed by atoms with van der Waals surface area (Å²) in [5.74, 6) is -1.23. The molecule has 0 saturated carbocycles. The number of nitrogens with one attached hydrogen (secondary N) is 2. The largest absolute Gasteiger partial charge is 0.468 e. The lowest BCUT2D eigenvalue weighted by molar-refractivity contribution is -0.141. The van der Waals surface area contributed by atoms with Crippen LogP contribution in [0.2, 0.25) is 0 Å². The molecular formula is C11H13IN2O5S. The SMILES string of the molecule is COC(=O)CNC(=O)CNS(=O)(=O)c1ccc(I)cc1. The Labute approximate surface area is 130 Å². The number of benzene rings is 1. The fourth-order valence-electron chi connectivity index (χ4n) is 1.16. The van der Waals surface area contributed by atoms with Crippen LogP contribution in [0.25, 0.3) is 0 Å². The monoisotopic (exact) mass is 412 g/mol. The number of methoxy groups -OCH3 is 1. The zero-order valence-corrected chi connectivity index (χ0v) is 13.5. The highest BCUT2D eigenvalue weighted by Gasteiger charge is 2.15. The summed E-state index contributed by atoms with van der Waals surface area (Å²) in [6.45, 7) is -0.758. The van der Waals surface area contributed by atoms with Gasteiger partial charge in [-0.05, 0) is 46.9 Å². The summed E-state index contributed by atoms with van der Waals surface area (Å²) in [4.78, 5) is 22.2. The van der Waals surface area contributed by atoms with Gasteiger partial charge in [-0.2, -0.15) is 0 Å². The van der Waals surface area contributed by atoms with E-state index in [2.05, 4.69) is 37.4 Å². The molecule has 0 bridgehead atoms. The summed E-state index contributed by atoms with van der Waals surface area (Å²) in [5, 5.41) is 2.22. The van der Waals surface area contributed by atoms with Crippen LogP contribution in [-0.2, 0) is 24.3 Å². The van der Waals surface area contributed by atoms with Gasteiger partial charge in [-0.3, -0.25) is 9.59 Å². The fraction of sp³-hybridized carbons (Fsp3) is 0.273. The summed E-state index contributed by atoms with van der Waals surface area (Å²) >= 11 is 2.05. The van der Waals surface area contributed by atoms with Crippen molar-refractivity contribution >= 4 is 44.5 Å². The van der Waals surface area contributed by atoms with E-state index in [1.54, 1.807) is 12.1 Å². The molecular weight excluding hydrogens is 399 g/mol. The zero-order chi connectivity index (χ0) is 15.2. The van der Waals surface area contributed by atoms with Crippen LogP contribution >= 0.6 is 22.6 Å². The number of hydrogen-bond donors (Lipinski definition) is 2. The third kappa shape index (κ3) is 5.43. The molecule has 0 aliphatic heterocycles. The first kappa shape index (κ1) is 16.9. The number of halogens is 1. The van der Waals surface area contributed by atoms with Gasteiger partial charge in [0.1, 0.15) is 6.54 Å². The second kappa shape index (κ2) is 7.55. The van der Waals surface area contributed by atoms with Crippen molar-refractivity contribution in [2.24, 2.45) is 0 Å². The molecule has 0 saturated heterocycles. The van der Waals surface area contributed by atoms with Gasteiger partial charge in [-0.15, -0.1) is 0 Å². The van der Waals surface area contributed by atoms with E-state index in [4.69, 9.17) is 0 Å². The molecule has 9 heteroatoms. The minimum absolute atomic E-state index is 0.0682. The Morgan fingerprint density at radius 3 is 2.35 bits per heavy atom. The van der Waals surface area contributed by atoms with E-state index < -0.39 is 28.4 Å². The van der Waals surface area contributed by atoms with Crippen LogP contribution in [0.15, 0.2) is 29.2 Å². The van der Waals surface area contributed by atoms with Gasteiger partial charge >= 0.3 is 5.97 Å². The summed E-state index contributed by atoms with van der Waals surface area (Å²) in [6.07, 6.45) is 0. The molecule has 1 amide bonds. The van der Waals surface area contributed by atoms with E-state index in [0.717, 1.165) is 3.57 Å². The molecule has 7 nitrogen and oxygen atoms in total. The van der Waals surface area contributed by atoms with Crippen molar-refractivity contribution in [2.75, 3.05) is 20.2 Å². The quantitative estimate of drug-likeness (QED) is 0.501. The van der Waals surface area contributed by atoms with Crippen LogP contribution in [0.4, 0.5) is 0 Å². The number of esters is 1. The number of hydrogen-bond acceptors (Lipinski definition) is 5. The fourth-order valence-corrected chi connectivity index (χ4v) is 2.50. The Bertz CT molecular complexity index is 585. The standard InChI is InChI=1S/C11H13IN2O5S/c1-19-11(16)7-13-10(15)6-14-20(17,18)9-4-2-8(12)3-5-9/h2-5,14H,6-7H2,1H3,(H,13,15). The van der Waals surface area contributed by atoms with Crippen molar-refractivity contribution < 1.29 is 22.7 Å². The number of sulfonamides is 1. The van der Waals surface area contributed by atoms with E-state index in [-0.39, 0.29) is 11.4 Å². The minimum atomic E-state index is -3.75. The summed E-state index contributed by atoms with van der Waals surface area (Å²) < 4.78 is 31.1. The van der Waals surface area contributed by atoms with Crippen LogP contribution < -0.4 is 10.0 Å². The summed E-state index contributed by atoms with van der Waals surface area (Å²) in [6, 6.07) is 6.17. The predicted octanol–water partition coefficient (Wildman–Crippen LogP) is -0.141. The highest BCUT2D eigenvalue weighted by Crippen LogP contribution is 2.11. The van der Waals surface area contributed by atoms with Crippen LogP contribution in [0.3, 0.4) is 0 Å². The number of rotatable bonds is 6. The number of amides is 1. The van der Waals surface area contributed by atoms with Crippen LogP contribution in [0.1, 0.15) is 0 Å². The molecule has 20 heavy (non-hydrogen) atoms. The maximum absolute atomic E-state index is 11.9. The molecule has 0 aliphatic carbocycles. The van der Waals surface area contributed by atoms with Gasteiger partial charge in [0, 0.05) is 3.57 Å². The van der Waals surface area contributed by atoms with Crippen molar-refractivity contribution in [3.05, 3.63) is 27.8 Å². The maximum Gasteiger partial charge on any atom is 0.325 e. The molecule has 1 aromatic rings. The lowest BCUT2D eigenvalue weighted by atomic mass is 10.4. The Morgan fingerprint density at radius 2 is 1.80 bits per heavy atom. The summed E-state index contributed by atoms with van der Waals surface area (Å²) in [5.41, 5.74) is 0. The molecule has 0 aromatic heterocycles. The molecule has 0 heterocycles. The average Bonchev–Trinajstić information content (AvgIpc) is 2.43. The van der Waals surface area contributed by atoms with E-state index >= 15 is 0 Å². The molecule has 2 N–H and O–H groups in total. The molecule has 0 atom stereocenters. The van der Waals surface area contributed by atoms with E-state index in [1.807, 2.05) is 0 Å². The summed E-state index contributed by atoms with van der Waals surface area (Å²) in [7, 11) is -2.56. The second-order valence-electron chi connectivity index (χ2n) is 3.63. The Morgan fingerprint density at radius 1 is 1.20 bits per heavy atom. The van der Waals surface area contributed by atoms with Gasteiger partial charge in [0.2, 0.25) is 15.9 Å². The first-order valence-electron chi connectivity index (χ1n) is 5.44. The van der Waals surface area contributed by atoms with Crippen LogP contribution in [0.5, 0.6) is 0 Å². The van der Waals surface area contributed by atoms with Gasteiger partial charge in [0.15, 0.2) is 0 Å². The molecule has 0 fully saturated rings. The van der Waals surface area contributed by atoms with Gasteiger partial charge in [-0.25, -0.2) is 13.1 Å². The van der Waals surface area contributed by atoms with Crippen LogP contribution in [0, 0.1) is 3.57 Å². The van der Waals surface area contributed by atoms with Crippen molar-refractivity contribution in [1.82, 2.24) is 10.0 Å². The van der Waals surface area contributed by atoms with Crippen LogP contribution in [-0.4, -0.2) is 40.5 Å². The molecule has 0 aliphatic rings. The maximum atomic E-state index is 11.9. The van der Waals surface area contributed by atoms with Gasteiger partial charge < -0.3 is 10.1 Å². The molecule has 0 radical (unpaired) electrons. The lowest BCUT2D eigenvalue weighted by Crippen LogP contribution is -2.39. The molecule has 110 valence electrons. The van der Waals surface area contributed by atoms with Crippen molar-refractivity contribution in [2.45, 2.75) is 4.90 Å². The van der Waals surface area contributed by atoms with E-state index in [1.165, 1.54) is 19.2 Å². The first-order chi connectivity index (χ1) is 9.35. The smallest absolute Gasteiger partial charge is 0.325 e. The number of ether oxygens (including phenoxy) is 1. The Kier molecular flexibility index (Phi) is 6.36. The third-order valence-electron chi connectivity index (χ3n) is 2.20. The first-order valence-corrected chi connectivity index (χ1v) is 8.00. The highest BCUT2D eigenvalue weighted by molar-refractivity contribution is 14.1.